The Hall–Kier alpha value is -3.41. The van der Waals surface area contributed by atoms with Crippen LogP contribution in [0.4, 0.5) is 5.82 Å². The Kier molecular flexibility index (Phi) is 6.07. The Morgan fingerprint density at radius 3 is 2.48 bits per heavy atom. The van der Waals surface area contributed by atoms with Gasteiger partial charge in [0.05, 0.1) is 17.9 Å². The lowest BCUT2D eigenvalue weighted by molar-refractivity contribution is -0.273. The molecular weight excluding hydrogens is 554 g/mol. The van der Waals surface area contributed by atoms with Gasteiger partial charge in [0.2, 0.25) is 5.88 Å². The Morgan fingerprint density at radius 2 is 1.88 bits per heavy atom. The summed E-state index contributed by atoms with van der Waals surface area (Å²) in [5, 5.41) is 8.75. The Bertz CT molecular complexity index is 1660. The molecule has 11 nitrogen and oxygen atoms in total. The molecule has 4 heterocycles. The number of aromatic nitrogens is 5. The lowest BCUT2D eigenvalue weighted by atomic mass is 9.29. The van der Waals surface area contributed by atoms with Crippen molar-refractivity contribution in [3.05, 3.63) is 41.9 Å². The van der Waals surface area contributed by atoms with Crippen molar-refractivity contribution < 1.29 is 17.9 Å². The van der Waals surface area contributed by atoms with Crippen LogP contribution in [0.3, 0.4) is 0 Å². The zero-order valence-electron chi connectivity index (χ0n) is 24.9. The molecule has 0 bridgehead atoms. The molecule has 1 aliphatic heterocycles. The number of hydrogen-bond acceptors (Lipinski definition) is 8. The smallest absolute Gasteiger partial charge is 0.268 e. The fourth-order valence-electron chi connectivity index (χ4n) is 8.48. The number of hydrogen-bond donors (Lipinski definition) is 1. The molecule has 224 valence electrons. The largest absolute Gasteiger partial charge is 0.476 e. The zero-order valence-corrected chi connectivity index (χ0v) is 25.7. The minimum Gasteiger partial charge on any atom is -0.476 e. The predicted molar refractivity (Wildman–Crippen MR) is 156 cm³/mol. The minimum absolute atomic E-state index is 0.0362. The zero-order chi connectivity index (χ0) is 29.6. The van der Waals surface area contributed by atoms with Crippen LogP contribution in [0.2, 0.25) is 0 Å². The summed E-state index contributed by atoms with van der Waals surface area (Å²) in [7, 11) is -2.50. The first-order valence-corrected chi connectivity index (χ1v) is 16.4. The first-order valence-electron chi connectivity index (χ1n) is 14.9. The molecule has 4 aliphatic rings. The number of rotatable bonds is 8. The van der Waals surface area contributed by atoms with Gasteiger partial charge in [0.25, 0.3) is 15.9 Å². The van der Waals surface area contributed by atoms with Gasteiger partial charge in [-0.25, -0.2) is 22.8 Å². The van der Waals surface area contributed by atoms with Crippen LogP contribution in [0, 0.1) is 36.0 Å². The van der Waals surface area contributed by atoms with Gasteiger partial charge in [-0.05, 0) is 94.1 Å². The average Bonchev–Trinajstić information content (AvgIpc) is 3.56. The van der Waals surface area contributed by atoms with Gasteiger partial charge in [0, 0.05) is 37.6 Å². The normalized spacial score (nSPS) is 29.1. The third-order valence-corrected chi connectivity index (χ3v) is 11.9. The lowest BCUT2D eigenvalue weighted by Crippen LogP contribution is -2.69. The summed E-state index contributed by atoms with van der Waals surface area (Å²) in [5.74, 6) is 3.46. The van der Waals surface area contributed by atoms with Gasteiger partial charge in [-0.15, -0.1) is 5.10 Å². The highest BCUT2D eigenvalue weighted by Gasteiger charge is 2.70. The van der Waals surface area contributed by atoms with E-state index in [0.29, 0.717) is 53.6 Å². The predicted octanol–water partition coefficient (Wildman–Crippen LogP) is 3.87. The van der Waals surface area contributed by atoms with Gasteiger partial charge in [-0.3, -0.25) is 9.48 Å². The van der Waals surface area contributed by atoms with Crippen molar-refractivity contribution in [2.45, 2.75) is 70.2 Å². The third-order valence-electron chi connectivity index (χ3n) is 10.5. The van der Waals surface area contributed by atoms with Crippen LogP contribution in [0.5, 0.6) is 5.88 Å². The standard InChI is InChI=1S/C30H39N7O4S/c1-18-14-29(3,4)36(15-18)27-20(28(38)34-42(39,40)24-16-35(5)32-19(24)2)6-7-25(31-27)37-13-10-26(33-37)41-17-21-22-8-11-30(22)12-9-23(21)30/h6-7,10,13,16,18,21-23H,8-9,11-12,14-15,17H2,1-5H3,(H,34,38)/t18-,21?,22?,23?,30?/m0/s1. The number of ether oxygens (including phenoxy) is 1. The number of nitrogens with zero attached hydrogens (tertiary/aromatic N) is 6. The van der Waals surface area contributed by atoms with Gasteiger partial charge >= 0.3 is 0 Å². The summed E-state index contributed by atoms with van der Waals surface area (Å²) in [5.41, 5.74) is 0.885. The van der Waals surface area contributed by atoms with E-state index in [4.69, 9.17) is 9.72 Å². The summed E-state index contributed by atoms with van der Waals surface area (Å²) in [6.45, 7) is 9.38. The van der Waals surface area contributed by atoms with E-state index in [-0.39, 0.29) is 16.0 Å². The third kappa shape index (κ3) is 4.16. The van der Waals surface area contributed by atoms with E-state index < -0.39 is 15.9 Å². The van der Waals surface area contributed by atoms with E-state index >= 15 is 0 Å². The number of pyridine rings is 1. The molecule has 1 amide bonds. The molecule has 1 spiro atoms. The monoisotopic (exact) mass is 593 g/mol. The summed E-state index contributed by atoms with van der Waals surface area (Å²) in [4.78, 5) is 20.5. The van der Waals surface area contributed by atoms with Crippen molar-refractivity contribution >= 4 is 21.7 Å². The number of carbonyl (C=O) groups is 1. The Labute approximate surface area is 246 Å². The van der Waals surface area contributed by atoms with Crippen LogP contribution in [0.1, 0.15) is 68.9 Å². The highest BCUT2D eigenvalue weighted by Crippen LogP contribution is 2.77. The average molecular weight is 594 g/mol. The second-order valence-corrected chi connectivity index (χ2v) is 15.2. The molecule has 0 radical (unpaired) electrons. The number of nitrogens with one attached hydrogen (secondary N) is 1. The number of anilines is 1. The number of carbonyl (C=O) groups excluding carboxylic acids is 1. The van der Waals surface area contributed by atoms with Crippen molar-refractivity contribution in [2.75, 3.05) is 18.1 Å². The van der Waals surface area contributed by atoms with Crippen LogP contribution in [0.25, 0.3) is 5.82 Å². The maximum atomic E-state index is 13.5. The van der Waals surface area contributed by atoms with E-state index in [1.54, 1.807) is 30.8 Å². The Morgan fingerprint density at radius 1 is 1.14 bits per heavy atom. The molecule has 3 aromatic heterocycles. The van der Waals surface area contributed by atoms with Gasteiger partial charge in [0.1, 0.15) is 10.7 Å². The number of aryl methyl sites for hydroxylation is 2. The maximum Gasteiger partial charge on any atom is 0.268 e. The van der Waals surface area contributed by atoms with Gasteiger partial charge in [0.15, 0.2) is 5.82 Å². The highest BCUT2D eigenvalue weighted by molar-refractivity contribution is 7.90. The molecule has 7 rings (SSSR count). The molecule has 12 heteroatoms. The van der Waals surface area contributed by atoms with Crippen LogP contribution in [0.15, 0.2) is 35.5 Å². The molecule has 42 heavy (non-hydrogen) atoms. The topological polar surface area (TPSA) is 124 Å². The lowest BCUT2D eigenvalue weighted by Gasteiger charge is -2.75. The maximum absolute atomic E-state index is 13.5. The quantitative estimate of drug-likeness (QED) is 0.418. The SMILES string of the molecule is Cc1nn(C)cc1S(=O)(=O)NC(=O)c1ccc(-n2ccc(OCC3C4CCC45CCC35)n2)nc1N1C[C@@H](C)CC1(C)C. The van der Waals surface area contributed by atoms with Gasteiger partial charge < -0.3 is 9.64 Å². The van der Waals surface area contributed by atoms with Crippen molar-refractivity contribution in [2.24, 2.45) is 36.1 Å². The number of amides is 1. The molecule has 0 aromatic carbocycles. The van der Waals surface area contributed by atoms with E-state index in [1.807, 2.05) is 12.3 Å². The number of sulfonamides is 1. The van der Waals surface area contributed by atoms with Crippen LogP contribution < -0.4 is 14.4 Å². The highest BCUT2D eigenvalue weighted by atomic mass is 32.2. The van der Waals surface area contributed by atoms with Crippen molar-refractivity contribution in [3.63, 3.8) is 0 Å². The molecule has 2 unspecified atom stereocenters. The first kappa shape index (κ1) is 27.4. The summed E-state index contributed by atoms with van der Waals surface area (Å²) < 4.78 is 37.7. The first-order chi connectivity index (χ1) is 19.9. The Balaban J connectivity index is 1.15. The second-order valence-electron chi connectivity index (χ2n) is 13.6. The second kappa shape index (κ2) is 9.29. The van der Waals surface area contributed by atoms with E-state index in [9.17, 15) is 13.2 Å². The molecule has 3 aliphatic carbocycles. The van der Waals surface area contributed by atoms with E-state index in [1.165, 1.54) is 36.6 Å². The van der Waals surface area contributed by atoms with E-state index in [2.05, 4.69) is 40.6 Å². The van der Waals surface area contributed by atoms with Crippen molar-refractivity contribution in [1.29, 1.82) is 0 Å². The van der Waals surface area contributed by atoms with Crippen molar-refractivity contribution in [1.82, 2.24) is 29.3 Å². The molecule has 3 saturated carbocycles. The fourth-order valence-corrected chi connectivity index (χ4v) is 9.67. The molecular formula is C30H39N7O4S. The molecule has 1 saturated heterocycles. The summed E-state index contributed by atoms with van der Waals surface area (Å²) in [6.07, 6.45) is 9.58. The fraction of sp³-hybridized carbons (Fsp3) is 0.600. The molecule has 3 aromatic rings. The van der Waals surface area contributed by atoms with Crippen LogP contribution in [-0.2, 0) is 17.1 Å². The van der Waals surface area contributed by atoms with Crippen LogP contribution in [-0.4, -0.2) is 57.6 Å². The summed E-state index contributed by atoms with van der Waals surface area (Å²) in [6, 6.07) is 5.16. The van der Waals surface area contributed by atoms with Crippen molar-refractivity contribution in [3.8, 4) is 11.7 Å². The van der Waals surface area contributed by atoms with Gasteiger partial charge in [-0.1, -0.05) is 6.92 Å². The summed E-state index contributed by atoms with van der Waals surface area (Å²) >= 11 is 0. The molecule has 3 atom stereocenters. The molecule has 1 N–H and O–H groups in total. The van der Waals surface area contributed by atoms with Crippen LogP contribution >= 0.6 is 0 Å². The molecule has 4 fully saturated rings. The van der Waals surface area contributed by atoms with Gasteiger partial charge in [-0.2, -0.15) is 5.10 Å². The minimum atomic E-state index is -4.14. The van der Waals surface area contributed by atoms with E-state index in [0.717, 1.165) is 18.3 Å².